The molecular weight excluding hydrogens is 258 g/mol. The largest absolute Gasteiger partial charge is 0.454 e. The molecule has 0 aliphatic rings. The van der Waals surface area contributed by atoms with E-state index in [0.29, 0.717) is 0 Å². The van der Waals surface area contributed by atoms with E-state index >= 15 is 0 Å². The van der Waals surface area contributed by atoms with Crippen LogP contribution in [-0.2, 0) is 0 Å². The molecule has 108 valence electrons. The van der Waals surface area contributed by atoms with Gasteiger partial charge in [-0.15, -0.1) is 0 Å². The first-order valence-corrected chi connectivity index (χ1v) is 7.11. The summed E-state index contributed by atoms with van der Waals surface area (Å²) in [5.74, 6) is 0.825. The van der Waals surface area contributed by atoms with Gasteiger partial charge in [0.15, 0.2) is 5.58 Å². The lowest BCUT2D eigenvalue weighted by Crippen LogP contribution is -1.91. The van der Waals surface area contributed by atoms with Gasteiger partial charge < -0.3 is 4.42 Å². The summed E-state index contributed by atoms with van der Waals surface area (Å²) in [5.41, 5.74) is 4.83. The predicted octanol–water partition coefficient (Wildman–Crippen LogP) is 6.17. The van der Waals surface area contributed by atoms with Gasteiger partial charge in [0, 0.05) is 16.7 Å². The van der Waals surface area contributed by atoms with Crippen molar-refractivity contribution in [2.24, 2.45) is 4.99 Å². The molecule has 2 heteroatoms. The summed E-state index contributed by atoms with van der Waals surface area (Å²) in [5, 5.41) is 1.05. The molecule has 0 saturated carbocycles. The Balaban J connectivity index is 2.70. The Morgan fingerprint density at radius 1 is 1.24 bits per heavy atom. The minimum Gasteiger partial charge on any atom is -0.454 e. The van der Waals surface area contributed by atoms with Crippen molar-refractivity contribution in [2.45, 2.75) is 27.7 Å². The van der Waals surface area contributed by atoms with Crippen LogP contribution >= 0.6 is 0 Å². The Morgan fingerprint density at radius 3 is 2.62 bits per heavy atom. The SMILES string of the molecule is C=Cc1c(/C=C\C)oc2c(N=C(C)/C(C)=C\C)cccc12. The van der Waals surface area contributed by atoms with E-state index in [1.165, 1.54) is 0 Å². The highest BCUT2D eigenvalue weighted by Gasteiger charge is 2.12. The molecule has 0 saturated heterocycles. The number of aliphatic imine (C=N–C) groups is 1. The maximum absolute atomic E-state index is 5.99. The molecule has 0 aliphatic heterocycles. The summed E-state index contributed by atoms with van der Waals surface area (Å²) < 4.78 is 5.99. The van der Waals surface area contributed by atoms with E-state index < -0.39 is 0 Å². The van der Waals surface area contributed by atoms with Gasteiger partial charge >= 0.3 is 0 Å². The zero-order valence-electron chi connectivity index (χ0n) is 13.1. The van der Waals surface area contributed by atoms with Crippen LogP contribution < -0.4 is 0 Å². The molecular formula is C19H21NO. The van der Waals surface area contributed by atoms with E-state index in [0.717, 1.165) is 39.3 Å². The average molecular weight is 279 g/mol. The molecule has 0 fully saturated rings. The molecule has 2 aromatic rings. The molecule has 0 spiro atoms. The number of allylic oxidation sites excluding steroid dienone is 3. The maximum Gasteiger partial charge on any atom is 0.161 e. The van der Waals surface area contributed by atoms with E-state index in [4.69, 9.17) is 9.41 Å². The fourth-order valence-corrected chi connectivity index (χ4v) is 2.19. The first kappa shape index (κ1) is 15.0. The third kappa shape index (κ3) is 2.89. The molecule has 21 heavy (non-hydrogen) atoms. The molecule has 1 heterocycles. The minimum absolute atomic E-state index is 0.809. The fourth-order valence-electron chi connectivity index (χ4n) is 2.19. The summed E-state index contributed by atoms with van der Waals surface area (Å²) in [4.78, 5) is 4.70. The summed E-state index contributed by atoms with van der Waals surface area (Å²) in [6.45, 7) is 11.9. The van der Waals surface area contributed by atoms with Crippen LogP contribution in [0.2, 0.25) is 0 Å². The first-order chi connectivity index (χ1) is 10.1. The van der Waals surface area contributed by atoms with Crippen LogP contribution in [0.4, 0.5) is 5.69 Å². The van der Waals surface area contributed by atoms with Crippen molar-refractivity contribution in [3.8, 4) is 0 Å². The van der Waals surface area contributed by atoms with Gasteiger partial charge in [-0.2, -0.15) is 0 Å². The van der Waals surface area contributed by atoms with Crippen LogP contribution in [0, 0.1) is 0 Å². The van der Waals surface area contributed by atoms with Gasteiger partial charge in [-0.05, 0) is 45.4 Å². The van der Waals surface area contributed by atoms with Gasteiger partial charge in [0.05, 0.1) is 0 Å². The molecule has 1 aromatic heterocycles. The van der Waals surface area contributed by atoms with Gasteiger partial charge in [0.2, 0.25) is 0 Å². The van der Waals surface area contributed by atoms with Crippen LogP contribution in [-0.4, -0.2) is 5.71 Å². The van der Waals surface area contributed by atoms with Crippen LogP contribution in [0.5, 0.6) is 0 Å². The molecule has 0 amide bonds. The maximum atomic E-state index is 5.99. The molecule has 2 rings (SSSR count). The van der Waals surface area contributed by atoms with E-state index in [1.807, 2.05) is 57.2 Å². The van der Waals surface area contributed by atoms with Crippen molar-refractivity contribution < 1.29 is 4.42 Å². The van der Waals surface area contributed by atoms with Crippen LogP contribution in [0.3, 0.4) is 0 Å². The number of para-hydroxylation sites is 1. The summed E-state index contributed by atoms with van der Waals surface area (Å²) in [6.07, 6.45) is 7.80. The van der Waals surface area contributed by atoms with Gasteiger partial charge in [0.1, 0.15) is 11.4 Å². The standard InChI is InChI=1S/C19H21NO/c1-6-10-18-15(8-3)16-11-9-12-17(19(16)21-18)20-14(5)13(4)7-2/h6-12H,3H2,1-2,4-5H3/b10-6-,13-7-,20-14?. The second-order valence-corrected chi connectivity index (χ2v) is 4.91. The second-order valence-electron chi connectivity index (χ2n) is 4.91. The lowest BCUT2D eigenvalue weighted by molar-refractivity contribution is 0.604. The quantitative estimate of drug-likeness (QED) is 0.614. The number of benzene rings is 1. The lowest BCUT2D eigenvalue weighted by Gasteiger charge is -2.01. The Kier molecular flexibility index (Phi) is 4.59. The number of hydrogen-bond acceptors (Lipinski definition) is 2. The van der Waals surface area contributed by atoms with E-state index in [2.05, 4.69) is 19.6 Å². The van der Waals surface area contributed by atoms with Gasteiger partial charge in [-0.25, -0.2) is 4.99 Å². The van der Waals surface area contributed by atoms with Crippen LogP contribution in [0.15, 0.2) is 51.9 Å². The molecule has 0 aliphatic carbocycles. The number of nitrogens with zero attached hydrogens (tertiary/aromatic N) is 1. The van der Waals surface area contributed by atoms with Crippen molar-refractivity contribution in [1.29, 1.82) is 0 Å². The fraction of sp³-hybridized carbons (Fsp3) is 0.211. The van der Waals surface area contributed by atoms with Gasteiger partial charge in [-0.3, -0.25) is 0 Å². The monoisotopic (exact) mass is 279 g/mol. The first-order valence-electron chi connectivity index (χ1n) is 7.11. The van der Waals surface area contributed by atoms with Crippen molar-refractivity contribution in [3.05, 3.63) is 53.8 Å². The number of rotatable bonds is 4. The zero-order valence-corrected chi connectivity index (χ0v) is 13.1. The smallest absolute Gasteiger partial charge is 0.161 e. The topological polar surface area (TPSA) is 25.5 Å². The molecule has 1 aromatic carbocycles. The highest BCUT2D eigenvalue weighted by Crippen LogP contribution is 2.34. The van der Waals surface area contributed by atoms with E-state index in [9.17, 15) is 0 Å². The highest BCUT2D eigenvalue weighted by atomic mass is 16.3. The van der Waals surface area contributed by atoms with Gasteiger partial charge in [-0.1, -0.05) is 36.9 Å². The van der Waals surface area contributed by atoms with Crippen molar-refractivity contribution in [3.63, 3.8) is 0 Å². The third-order valence-electron chi connectivity index (χ3n) is 3.58. The molecule has 0 atom stereocenters. The summed E-state index contributed by atoms with van der Waals surface area (Å²) >= 11 is 0. The highest BCUT2D eigenvalue weighted by molar-refractivity contribution is 6.03. The predicted molar refractivity (Wildman–Crippen MR) is 93.2 cm³/mol. The molecule has 0 radical (unpaired) electrons. The van der Waals surface area contributed by atoms with Crippen LogP contribution in [0.25, 0.3) is 23.1 Å². The van der Waals surface area contributed by atoms with E-state index in [-0.39, 0.29) is 0 Å². The number of furan rings is 1. The van der Waals surface area contributed by atoms with Gasteiger partial charge in [0.25, 0.3) is 0 Å². The molecule has 2 nitrogen and oxygen atoms in total. The third-order valence-corrected chi connectivity index (χ3v) is 3.58. The Labute approximate surface area is 126 Å². The summed E-state index contributed by atoms with van der Waals surface area (Å²) in [7, 11) is 0. The average Bonchev–Trinajstić information content (AvgIpc) is 2.85. The molecule has 0 bridgehead atoms. The molecule has 0 unspecified atom stereocenters. The summed E-state index contributed by atoms with van der Waals surface area (Å²) in [6, 6.07) is 6.02. The van der Waals surface area contributed by atoms with E-state index in [1.54, 1.807) is 0 Å². The molecule has 0 N–H and O–H groups in total. The normalized spacial score (nSPS) is 13.3. The van der Waals surface area contributed by atoms with Crippen LogP contribution in [0.1, 0.15) is 39.0 Å². The van der Waals surface area contributed by atoms with Crippen molar-refractivity contribution in [1.82, 2.24) is 0 Å². The Hall–Kier alpha value is -2.35. The zero-order chi connectivity index (χ0) is 15.4. The number of fused-ring (bicyclic) bond motifs is 1. The second kappa shape index (κ2) is 6.40. The number of hydrogen-bond donors (Lipinski definition) is 0. The Morgan fingerprint density at radius 2 is 2.00 bits per heavy atom. The van der Waals surface area contributed by atoms with Crippen molar-refractivity contribution >= 4 is 34.5 Å². The lowest BCUT2D eigenvalue weighted by atomic mass is 10.1. The minimum atomic E-state index is 0.809. The van der Waals surface area contributed by atoms with Crippen molar-refractivity contribution in [2.75, 3.05) is 0 Å². The Bertz CT molecular complexity index is 757.